The fourth-order valence-corrected chi connectivity index (χ4v) is 4.97. The zero-order chi connectivity index (χ0) is 18.9. The number of carbonyl (C=O) groups is 1. The second-order valence-electron chi connectivity index (χ2n) is 7.14. The van der Waals surface area contributed by atoms with Gasteiger partial charge in [-0.15, -0.1) is 6.58 Å². The molecule has 2 heterocycles. The van der Waals surface area contributed by atoms with E-state index in [0.29, 0.717) is 45.6 Å². The Hall–Kier alpha value is -0.960. The molecule has 2 fully saturated rings. The molecule has 0 saturated carbocycles. The summed E-state index contributed by atoms with van der Waals surface area (Å²) in [6.45, 7) is 13.8. The maximum atomic E-state index is 12.6. The van der Waals surface area contributed by atoms with Gasteiger partial charge in [0.2, 0.25) is 0 Å². The van der Waals surface area contributed by atoms with Crippen molar-refractivity contribution in [1.29, 1.82) is 0 Å². The van der Waals surface area contributed by atoms with Gasteiger partial charge < -0.3 is 14.8 Å². The zero-order valence-corrected chi connectivity index (χ0v) is 16.4. The predicted octanol–water partition coefficient (Wildman–Crippen LogP) is 0.955. The smallest absolute Gasteiger partial charge is 0.293 e. The van der Waals surface area contributed by atoms with Crippen LogP contribution in [0.25, 0.3) is 0 Å². The van der Waals surface area contributed by atoms with E-state index in [-0.39, 0.29) is 10.9 Å². The van der Waals surface area contributed by atoms with Gasteiger partial charge in [0.15, 0.2) is 9.84 Å². The van der Waals surface area contributed by atoms with E-state index in [2.05, 4.69) is 16.6 Å². The Kier molecular flexibility index (Phi) is 9.06. The van der Waals surface area contributed by atoms with Crippen molar-refractivity contribution in [3.8, 4) is 0 Å². The highest BCUT2D eigenvalue weighted by atomic mass is 32.2. The first-order valence-electron chi connectivity index (χ1n) is 8.71. The molecular weight excluding hydrogens is 344 g/mol. The van der Waals surface area contributed by atoms with Crippen LogP contribution in [0, 0.1) is 0 Å². The third-order valence-electron chi connectivity index (χ3n) is 4.10. The Labute approximate surface area is 151 Å². The van der Waals surface area contributed by atoms with Crippen molar-refractivity contribution in [3.05, 3.63) is 12.7 Å². The topological polar surface area (TPSA) is 84.9 Å². The van der Waals surface area contributed by atoms with Crippen LogP contribution in [0.3, 0.4) is 0 Å². The van der Waals surface area contributed by atoms with Crippen LogP contribution in [0.2, 0.25) is 0 Å². The highest BCUT2D eigenvalue weighted by molar-refractivity contribution is 7.92. The molecule has 2 aliphatic rings. The van der Waals surface area contributed by atoms with Crippen LogP contribution >= 0.6 is 0 Å². The van der Waals surface area contributed by atoms with Crippen LogP contribution in [0.1, 0.15) is 33.6 Å². The van der Waals surface area contributed by atoms with E-state index in [1.807, 2.05) is 25.7 Å². The lowest BCUT2D eigenvalue weighted by molar-refractivity contribution is -0.138. The molecule has 0 amide bonds. The Morgan fingerprint density at radius 2 is 1.80 bits per heavy atom. The first-order valence-corrected chi connectivity index (χ1v) is 10.3. The number of hydrogen-bond donors (Lipinski definition) is 1. The molecule has 0 spiro atoms. The van der Waals surface area contributed by atoms with Gasteiger partial charge in [0.25, 0.3) is 6.47 Å². The van der Waals surface area contributed by atoms with Crippen LogP contribution in [0.5, 0.6) is 0 Å². The molecule has 25 heavy (non-hydrogen) atoms. The molecule has 0 bridgehead atoms. The SMILES string of the molecule is C=CC(N1CCOCC1)S(=O)(=O)C1CCNCC1.CC(C)(C)OC=O. The first kappa shape index (κ1) is 22.1. The molecule has 1 unspecified atom stereocenters. The first-order chi connectivity index (χ1) is 11.7. The molecule has 0 aromatic rings. The lowest BCUT2D eigenvalue weighted by atomic mass is 10.2. The van der Waals surface area contributed by atoms with E-state index in [9.17, 15) is 13.2 Å². The highest BCUT2D eigenvalue weighted by Gasteiger charge is 2.36. The molecule has 7 nitrogen and oxygen atoms in total. The molecule has 0 radical (unpaired) electrons. The van der Waals surface area contributed by atoms with E-state index in [1.165, 1.54) is 0 Å². The van der Waals surface area contributed by atoms with Gasteiger partial charge in [-0.3, -0.25) is 9.69 Å². The monoisotopic (exact) mass is 376 g/mol. The lowest BCUT2D eigenvalue weighted by Gasteiger charge is -2.35. The van der Waals surface area contributed by atoms with Crippen molar-refractivity contribution in [2.45, 2.75) is 49.8 Å². The quantitative estimate of drug-likeness (QED) is 0.565. The summed E-state index contributed by atoms with van der Waals surface area (Å²) in [5, 5.41) is 2.42. The van der Waals surface area contributed by atoms with E-state index >= 15 is 0 Å². The van der Waals surface area contributed by atoms with Crippen molar-refractivity contribution in [3.63, 3.8) is 0 Å². The summed E-state index contributed by atoms with van der Waals surface area (Å²) in [4.78, 5) is 11.6. The van der Waals surface area contributed by atoms with E-state index in [0.717, 1.165) is 13.1 Å². The van der Waals surface area contributed by atoms with Gasteiger partial charge in [0, 0.05) is 13.1 Å². The van der Waals surface area contributed by atoms with Crippen LogP contribution in [0.15, 0.2) is 12.7 Å². The van der Waals surface area contributed by atoms with Crippen molar-refractivity contribution >= 4 is 16.3 Å². The summed E-state index contributed by atoms with van der Waals surface area (Å²) < 4.78 is 35.1. The maximum Gasteiger partial charge on any atom is 0.293 e. The Morgan fingerprint density at radius 1 is 1.24 bits per heavy atom. The van der Waals surface area contributed by atoms with Crippen molar-refractivity contribution in [2.24, 2.45) is 0 Å². The summed E-state index contributed by atoms with van der Waals surface area (Å²) in [5.74, 6) is 0. The lowest BCUT2D eigenvalue weighted by Crippen LogP contribution is -2.50. The number of nitrogens with one attached hydrogen (secondary N) is 1. The van der Waals surface area contributed by atoms with Gasteiger partial charge in [0.1, 0.15) is 11.0 Å². The fraction of sp³-hybridized carbons (Fsp3) is 0.824. The Morgan fingerprint density at radius 3 is 2.20 bits per heavy atom. The largest absolute Gasteiger partial charge is 0.462 e. The third-order valence-corrected chi connectivity index (χ3v) is 6.66. The summed E-state index contributed by atoms with van der Waals surface area (Å²) in [6, 6.07) is 0. The van der Waals surface area contributed by atoms with Gasteiger partial charge in [-0.25, -0.2) is 8.42 Å². The van der Waals surface area contributed by atoms with Crippen LogP contribution in [-0.2, 0) is 24.1 Å². The van der Waals surface area contributed by atoms with Gasteiger partial charge in [-0.05, 0) is 46.7 Å². The van der Waals surface area contributed by atoms with Crippen LogP contribution < -0.4 is 5.32 Å². The highest BCUT2D eigenvalue weighted by Crippen LogP contribution is 2.22. The fourth-order valence-electron chi connectivity index (χ4n) is 2.79. The number of carbonyl (C=O) groups excluding carboxylic acids is 1. The molecular formula is C17H32N2O5S. The maximum absolute atomic E-state index is 12.6. The Balaban J connectivity index is 0.000000381. The molecule has 2 rings (SSSR count). The average Bonchev–Trinajstić information content (AvgIpc) is 2.56. The minimum absolute atomic E-state index is 0.232. The molecule has 1 atom stereocenters. The predicted molar refractivity (Wildman–Crippen MR) is 98.1 cm³/mol. The Bertz CT molecular complexity index is 504. The van der Waals surface area contributed by atoms with Crippen LogP contribution in [0.4, 0.5) is 0 Å². The van der Waals surface area contributed by atoms with Crippen LogP contribution in [-0.4, -0.2) is 75.4 Å². The number of rotatable bonds is 5. The normalized spacial score (nSPS) is 21.6. The summed E-state index contributed by atoms with van der Waals surface area (Å²) in [6.07, 6.45) is 2.98. The summed E-state index contributed by atoms with van der Waals surface area (Å²) in [5.41, 5.74) is -0.318. The number of sulfone groups is 1. The molecule has 2 saturated heterocycles. The van der Waals surface area contributed by atoms with Gasteiger partial charge in [-0.1, -0.05) is 6.08 Å². The standard InChI is InChI=1S/C12H22N2O3S.C5H10O2/c1-2-12(14-7-9-17-10-8-14)18(15,16)11-3-5-13-6-4-11;1-5(2,3)7-4-6/h2,11-13H,1,3-10H2;4H,1-3H3. The molecule has 0 aromatic carbocycles. The number of morpholine rings is 1. The third kappa shape index (κ3) is 7.43. The number of nitrogens with zero attached hydrogens (tertiary/aromatic N) is 1. The molecule has 1 N–H and O–H groups in total. The summed E-state index contributed by atoms with van der Waals surface area (Å²) >= 11 is 0. The molecule has 0 aromatic heterocycles. The van der Waals surface area contributed by atoms with E-state index in [1.54, 1.807) is 6.08 Å². The van der Waals surface area contributed by atoms with Gasteiger partial charge >= 0.3 is 0 Å². The van der Waals surface area contributed by atoms with Crippen molar-refractivity contribution in [2.75, 3.05) is 39.4 Å². The molecule has 2 aliphatic heterocycles. The number of piperidine rings is 1. The second kappa shape index (κ2) is 10.3. The average molecular weight is 377 g/mol. The van der Waals surface area contributed by atoms with Crippen molar-refractivity contribution in [1.82, 2.24) is 10.2 Å². The van der Waals surface area contributed by atoms with E-state index < -0.39 is 15.2 Å². The molecule has 8 heteroatoms. The van der Waals surface area contributed by atoms with E-state index in [4.69, 9.17) is 4.74 Å². The summed E-state index contributed by atoms with van der Waals surface area (Å²) in [7, 11) is -3.16. The number of hydrogen-bond acceptors (Lipinski definition) is 7. The minimum Gasteiger partial charge on any atom is -0.462 e. The van der Waals surface area contributed by atoms with Crippen molar-refractivity contribution < 1.29 is 22.7 Å². The van der Waals surface area contributed by atoms with Gasteiger partial charge in [-0.2, -0.15) is 0 Å². The molecule has 146 valence electrons. The zero-order valence-electron chi connectivity index (χ0n) is 15.6. The second-order valence-corrected chi connectivity index (χ2v) is 9.47. The van der Waals surface area contributed by atoms with Gasteiger partial charge in [0.05, 0.1) is 18.5 Å². The number of ether oxygens (including phenoxy) is 2. The minimum atomic E-state index is -3.16. The molecule has 0 aliphatic carbocycles.